The molecule has 11 heteroatoms. The highest BCUT2D eigenvalue weighted by Crippen LogP contribution is 2.18. The molecule has 3 aromatic carbocycles. The number of halogens is 1. The molecule has 172 valence electrons. The third-order valence-electron chi connectivity index (χ3n) is 4.70. The summed E-state index contributed by atoms with van der Waals surface area (Å²) in [5.41, 5.74) is 6.39. The van der Waals surface area contributed by atoms with Crippen LogP contribution in [0.1, 0.15) is 20.8 Å². The predicted molar refractivity (Wildman–Crippen MR) is 123 cm³/mol. The number of rotatable bonds is 6. The van der Waals surface area contributed by atoms with Gasteiger partial charge in [0.2, 0.25) is 0 Å². The maximum absolute atomic E-state index is 13.0. The zero-order valence-electron chi connectivity index (χ0n) is 17.4. The van der Waals surface area contributed by atoms with E-state index in [0.717, 1.165) is 17.7 Å². The third-order valence-corrected chi connectivity index (χ3v) is 6.10. The molecule has 0 spiro atoms. The van der Waals surface area contributed by atoms with Gasteiger partial charge in [0.25, 0.3) is 21.8 Å². The van der Waals surface area contributed by atoms with Crippen LogP contribution in [0, 0.1) is 5.82 Å². The summed E-state index contributed by atoms with van der Waals surface area (Å²) < 4.78 is 40.3. The molecule has 9 nitrogen and oxygen atoms in total. The van der Waals surface area contributed by atoms with Crippen molar-refractivity contribution in [1.29, 1.82) is 0 Å². The number of H-pyrrole nitrogens is 1. The molecular formula is C23H18FN5O4S. The molecule has 4 N–H and O–H groups in total. The molecule has 0 fully saturated rings. The van der Waals surface area contributed by atoms with Gasteiger partial charge < -0.3 is 0 Å². The Bertz CT molecular complexity index is 1420. The number of nitrogens with zero attached hydrogens (tertiary/aromatic N) is 1. The highest BCUT2D eigenvalue weighted by molar-refractivity contribution is 7.92. The summed E-state index contributed by atoms with van der Waals surface area (Å²) in [7, 11) is -3.94. The van der Waals surface area contributed by atoms with Crippen LogP contribution in [-0.2, 0) is 10.0 Å². The Hall–Kier alpha value is -4.51. The number of anilines is 1. The minimum absolute atomic E-state index is 0.0942. The Kier molecular flexibility index (Phi) is 6.37. The minimum atomic E-state index is -3.94. The highest BCUT2D eigenvalue weighted by atomic mass is 32.2. The van der Waals surface area contributed by atoms with E-state index in [0.29, 0.717) is 5.69 Å². The second kappa shape index (κ2) is 9.55. The first kappa shape index (κ1) is 22.7. The quantitative estimate of drug-likeness (QED) is 0.316. The Morgan fingerprint density at radius 1 is 0.824 bits per heavy atom. The number of aromatic amines is 1. The summed E-state index contributed by atoms with van der Waals surface area (Å²) in [6.45, 7) is 0. The van der Waals surface area contributed by atoms with Crippen molar-refractivity contribution >= 4 is 27.5 Å². The molecule has 0 atom stereocenters. The molecular weight excluding hydrogens is 461 g/mol. The molecule has 2 amide bonds. The van der Waals surface area contributed by atoms with E-state index in [1.165, 1.54) is 36.4 Å². The van der Waals surface area contributed by atoms with Gasteiger partial charge in [0.15, 0.2) is 0 Å². The van der Waals surface area contributed by atoms with Crippen LogP contribution in [0.4, 0.5) is 10.1 Å². The number of carbonyl (C=O) groups is 2. The first-order valence-corrected chi connectivity index (χ1v) is 11.4. The Morgan fingerprint density at radius 3 is 2.15 bits per heavy atom. The van der Waals surface area contributed by atoms with Gasteiger partial charge in [0.1, 0.15) is 11.5 Å². The van der Waals surface area contributed by atoms with Crippen molar-refractivity contribution in [3.8, 4) is 11.3 Å². The zero-order valence-corrected chi connectivity index (χ0v) is 18.3. The molecule has 34 heavy (non-hydrogen) atoms. The summed E-state index contributed by atoms with van der Waals surface area (Å²) in [6, 6.07) is 20.7. The topological polar surface area (TPSA) is 133 Å². The molecule has 1 aromatic heterocycles. The van der Waals surface area contributed by atoms with Crippen molar-refractivity contribution < 1.29 is 22.4 Å². The van der Waals surface area contributed by atoms with Crippen molar-refractivity contribution in [3.05, 3.63) is 102 Å². The largest absolute Gasteiger partial charge is 0.287 e. The van der Waals surface area contributed by atoms with Crippen molar-refractivity contribution in [2.45, 2.75) is 4.90 Å². The first-order valence-electron chi connectivity index (χ1n) is 9.92. The van der Waals surface area contributed by atoms with Crippen LogP contribution < -0.4 is 15.6 Å². The van der Waals surface area contributed by atoms with Gasteiger partial charge in [0.05, 0.1) is 10.6 Å². The standard InChI is InChI=1S/C23H18FN5O4S/c24-17-8-10-18(11-9-17)29-34(32,33)19-12-6-16(7-13-19)22(30)27-28-23(31)21-14-20(25-26-21)15-4-2-1-3-5-15/h1-14,29H,(H,25,26)(H,27,30)(H,28,31). The summed E-state index contributed by atoms with van der Waals surface area (Å²) in [4.78, 5) is 24.5. The second-order valence-electron chi connectivity index (χ2n) is 7.08. The van der Waals surface area contributed by atoms with Crippen molar-refractivity contribution in [2.75, 3.05) is 4.72 Å². The van der Waals surface area contributed by atoms with E-state index in [2.05, 4.69) is 25.8 Å². The summed E-state index contributed by atoms with van der Waals surface area (Å²) in [5.74, 6) is -1.74. The first-order chi connectivity index (χ1) is 16.3. The summed E-state index contributed by atoms with van der Waals surface area (Å²) >= 11 is 0. The number of amides is 2. The monoisotopic (exact) mass is 479 g/mol. The fourth-order valence-corrected chi connectivity index (χ4v) is 4.02. The van der Waals surface area contributed by atoms with E-state index < -0.39 is 27.7 Å². The summed E-state index contributed by atoms with van der Waals surface area (Å²) in [6.07, 6.45) is 0. The molecule has 1 heterocycles. The van der Waals surface area contributed by atoms with Gasteiger partial charge in [-0.2, -0.15) is 5.10 Å². The fraction of sp³-hybridized carbons (Fsp3) is 0. The van der Waals surface area contributed by atoms with Gasteiger partial charge in [-0.05, 0) is 54.6 Å². The Balaban J connectivity index is 1.36. The molecule has 0 saturated heterocycles. The summed E-state index contributed by atoms with van der Waals surface area (Å²) in [5, 5.41) is 6.69. The normalized spacial score (nSPS) is 11.0. The maximum atomic E-state index is 13.0. The average Bonchev–Trinajstić information content (AvgIpc) is 3.35. The lowest BCUT2D eigenvalue weighted by molar-refractivity contribution is 0.0844. The van der Waals surface area contributed by atoms with Crippen LogP contribution in [0.5, 0.6) is 0 Å². The molecule has 4 aromatic rings. The van der Waals surface area contributed by atoms with Gasteiger partial charge >= 0.3 is 0 Å². The number of nitrogens with one attached hydrogen (secondary N) is 4. The van der Waals surface area contributed by atoms with Crippen LogP contribution in [0.25, 0.3) is 11.3 Å². The third kappa shape index (κ3) is 5.27. The Labute approximate surface area is 194 Å². The van der Waals surface area contributed by atoms with E-state index in [-0.39, 0.29) is 21.8 Å². The van der Waals surface area contributed by atoms with E-state index in [9.17, 15) is 22.4 Å². The molecule has 4 rings (SSSR count). The van der Waals surface area contributed by atoms with Crippen LogP contribution in [0.2, 0.25) is 0 Å². The number of benzene rings is 3. The van der Waals surface area contributed by atoms with Crippen LogP contribution in [0.3, 0.4) is 0 Å². The molecule has 0 aliphatic carbocycles. The van der Waals surface area contributed by atoms with Crippen molar-refractivity contribution in [2.24, 2.45) is 0 Å². The van der Waals surface area contributed by atoms with E-state index in [1.807, 2.05) is 30.3 Å². The van der Waals surface area contributed by atoms with Crippen LogP contribution >= 0.6 is 0 Å². The molecule has 0 radical (unpaired) electrons. The SMILES string of the molecule is O=C(NNC(=O)c1cc(-c2ccccc2)n[nH]1)c1ccc(S(=O)(=O)Nc2ccc(F)cc2)cc1. The lowest BCUT2D eigenvalue weighted by Crippen LogP contribution is -2.41. The number of carbonyl (C=O) groups excluding carboxylic acids is 2. The van der Waals surface area contributed by atoms with Crippen LogP contribution in [-0.4, -0.2) is 30.4 Å². The van der Waals surface area contributed by atoms with Crippen molar-refractivity contribution in [1.82, 2.24) is 21.0 Å². The van der Waals surface area contributed by atoms with Crippen LogP contribution in [0.15, 0.2) is 89.8 Å². The van der Waals surface area contributed by atoms with Gasteiger partial charge in [-0.1, -0.05) is 30.3 Å². The average molecular weight is 479 g/mol. The highest BCUT2D eigenvalue weighted by Gasteiger charge is 2.16. The van der Waals surface area contributed by atoms with Gasteiger partial charge in [-0.25, -0.2) is 12.8 Å². The van der Waals surface area contributed by atoms with E-state index in [1.54, 1.807) is 6.07 Å². The zero-order chi connectivity index (χ0) is 24.1. The molecule has 0 bridgehead atoms. The lowest BCUT2D eigenvalue weighted by atomic mass is 10.1. The van der Waals surface area contributed by atoms with Gasteiger partial charge in [-0.3, -0.25) is 30.3 Å². The van der Waals surface area contributed by atoms with Crippen molar-refractivity contribution in [3.63, 3.8) is 0 Å². The number of hydrogen-bond donors (Lipinski definition) is 4. The number of hydrazine groups is 1. The number of sulfonamides is 1. The maximum Gasteiger partial charge on any atom is 0.287 e. The molecule has 0 saturated carbocycles. The molecule has 0 aliphatic heterocycles. The smallest absolute Gasteiger partial charge is 0.280 e. The fourth-order valence-electron chi connectivity index (χ4n) is 2.97. The number of aromatic nitrogens is 2. The Morgan fingerprint density at radius 2 is 1.47 bits per heavy atom. The molecule has 0 unspecified atom stereocenters. The predicted octanol–water partition coefficient (Wildman–Crippen LogP) is 3.09. The van der Waals surface area contributed by atoms with E-state index >= 15 is 0 Å². The van der Waals surface area contributed by atoms with Gasteiger partial charge in [0, 0.05) is 16.8 Å². The van der Waals surface area contributed by atoms with E-state index in [4.69, 9.17) is 0 Å². The lowest BCUT2D eigenvalue weighted by Gasteiger charge is -2.09. The molecule has 0 aliphatic rings. The second-order valence-corrected chi connectivity index (χ2v) is 8.76. The minimum Gasteiger partial charge on any atom is -0.280 e. The number of hydrogen-bond acceptors (Lipinski definition) is 5. The van der Waals surface area contributed by atoms with Gasteiger partial charge in [-0.15, -0.1) is 0 Å².